The first-order valence-corrected chi connectivity index (χ1v) is 15.7. The summed E-state index contributed by atoms with van der Waals surface area (Å²) in [6, 6.07) is 62.6. The van der Waals surface area contributed by atoms with Gasteiger partial charge in [-0.05, 0) is 81.4 Å². The predicted molar refractivity (Wildman–Crippen MR) is 194 cm³/mol. The van der Waals surface area contributed by atoms with Crippen LogP contribution in [0.1, 0.15) is 0 Å². The van der Waals surface area contributed by atoms with Gasteiger partial charge in [-0.2, -0.15) is 0 Å². The second kappa shape index (κ2) is 10.8. The molecule has 0 fully saturated rings. The minimum atomic E-state index is 0.896. The molecule has 0 saturated heterocycles. The molecule has 1 heterocycles. The SMILES string of the molecule is c1ccc(N(c2ccccc2)c2ccc(-c3ccc4oc5c(-c6ccc7ccccc7c6)cccc5c4c3)c3ccccc23)cc1. The lowest BCUT2D eigenvalue weighted by Crippen LogP contribution is -2.10. The minimum Gasteiger partial charge on any atom is -0.455 e. The molecule has 0 atom stereocenters. The molecule has 0 aliphatic carbocycles. The summed E-state index contributed by atoms with van der Waals surface area (Å²) >= 11 is 0. The number of para-hydroxylation sites is 3. The average molecular weight is 588 g/mol. The maximum Gasteiger partial charge on any atom is 0.143 e. The summed E-state index contributed by atoms with van der Waals surface area (Å²) in [6.07, 6.45) is 0. The molecule has 0 unspecified atom stereocenters. The molecule has 0 aliphatic heterocycles. The highest BCUT2D eigenvalue weighted by Gasteiger charge is 2.18. The number of rotatable bonds is 5. The van der Waals surface area contributed by atoms with Gasteiger partial charge in [0.15, 0.2) is 0 Å². The Morgan fingerprint density at radius 2 is 1.00 bits per heavy atom. The van der Waals surface area contributed by atoms with Crippen LogP contribution in [0.5, 0.6) is 0 Å². The van der Waals surface area contributed by atoms with E-state index >= 15 is 0 Å². The van der Waals surface area contributed by atoms with Crippen LogP contribution in [0.4, 0.5) is 17.1 Å². The van der Waals surface area contributed by atoms with Crippen LogP contribution >= 0.6 is 0 Å². The number of fused-ring (bicyclic) bond motifs is 5. The fourth-order valence-corrected chi connectivity index (χ4v) is 6.86. The zero-order valence-electron chi connectivity index (χ0n) is 25.1. The van der Waals surface area contributed by atoms with Gasteiger partial charge in [-0.25, -0.2) is 0 Å². The molecule has 0 spiro atoms. The van der Waals surface area contributed by atoms with Crippen LogP contribution in [0, 0.1) is 0 Å². The van der Waals surface area contributed by atoms with Crippen LogP contribution in [-0.2, 0) is 0 Å². The molecule has 8 aromatic carbocycles. The lowest BCUT2D eigenvalue weighted by Gasteiger charge is -2.27. The van der Waals surface area contributed by atoms with Gasteiger partial charge in [0, 0.05) is 33.1 Å². The lowest BCUT2D eigenvalue weighted by molar-refractivity contribution is 0.670. The fraction of sp³-hybridized carbons (Fsp3) is 0. The van der Waals surface area contributed by atoms with E-state index in [9.17, 15) is 0 Å². The van der Waals surface area contributed by atoms with Crippen LogP contribution in [0.2, 0.25) is 0 Å². The summed E-state index contributed by atoms with van der Waals surface area (Å²) in [5.74, 6) is 0. The van der Waals surface area contributed by atoms with Crippen molar-refractivity contribution >= 4 is 60.5 Å². The van der Waals surface area contributed by atoms with E-state index in [2.05, 4.69) is 181 Å². The Morgan fingerprint density at radius 1 is 0.370 bits per heavy atom. The van der Waals surface area contributed by atoms with Crippen LogP contribution in [0.25, 0.3) is 65.7 Å². The summed E-state index contributed by atoms with van der Waals surface area (Å²) in [4.78, 5) is 2.34. The summed E-state index contributed by atoms with van der Waals surface area (Å²) in [5, 5.41) is 7.12. The molecule has 2 heteroatoms. The molecule has 2 nitrogen and oxygen atoms in total. The van der Waals surface area contributed by atoms with E-state index in [0.29, 0.717) is 0 Å². The first-order valence-electron chi connectivity index (χ1n) is 15.7. The van der Waals surface area contributed by atoms with Crippen molar-refractivity contribution in [1.82, 2.24) is 0 Å². The average Bonchev–Trinajstić information content (AvgIpc) is 3.51. The monoisotopic (exact) mass is 587 g/mol. The molecular formula is C44H29NO. The van der Waals surface area contributed by atoms with Crippen molar-refractivity contribution in [2.75, 3.05) is 4.90 Å². The van der Waals surface area contributed by atoms with Gasteiger partial charge in [-0.1, -0.05) is 127 Å². The maximum atomic E-state index is 6.57. The largest absolute Gasteiger partial charge is 0.455 e. The number of nitrogens with zero attached hydrogens (tertiary/aromatic N) is 1. The Balaban J connectivity index is 1.20. The standard InChI is InChI=1S/C44H29NO/c1-3-14-34(15-4-1)45(35-16-5-2-6-17-35)42-26-25-36(38-18-9-10-19-39(38)42)33-24-27-43-41(29-33)40-21-11-20-37(44(40)46-43)32-23-22-30-12-7-8-13-31(30)28-32/h1-29H. The van der Waals surface area contributed by atoms with Gasteiger partial charge in [0.1, 0.15) is 11.2 Å². The van der Waals surface area contributed by atoms with Gasteiger partial charge in [0.2, 0.25) is 0 Å². The van der Waals surface area contributed by atoms with Crippen molar-refractivity contribution in [1.29, 1.82) is 0 Å². The van der Waals surface area contributed by atoms with Gasteiger partial charge in [-0.15, -0.1) is 0 Å². The van der Waals surface area contributed by atoms with Crippen LogP contribution in [-0.4, -0.2) is 0 Å². The maximum absolute atomic E-state index is 6.57. The smallest absolute Gasteiger partial charge is 0.143 e. The summed E-state index contributed by atoms with van der Waals surface area (Å²) in [6.45, 7) is 0. The first-order chi connectivity index (χ1) is 22.8. The normalized spacial score (nSPS) is 11.5. The van der Waals surface area contributed by atoms with Crippen LogP contribution in [0.15, 0.2) is 180 Å². The Labute approximate surface area is 267 Å². The zero-order chi connectivity index (χ0) is 30.5. The highest BCUT2D eigenvalue weighted by atomic mass is 16.3. The van der Waals surface area contributed by atoms with Gasteiger partial charge in [0.25, 0.3) is 0 Å². The third-order valence-electron chi connectivity index (χ3n) is 9.04. The van der Waals surface area contributed by atoms with E-state index in [4.69, 9.17) is 4.42 Å². The van der Waals surface area contributed by atoms with E-state index in [1.165, 1.54) is 32.7 Å². The summed E-state index contributed by atoms with van der Waals surface area (Å²) in [5.41, 5.74) is 9.84. The molecule has 0 aliphatic rings. The molecule has 9 rings (SSSR count). The number of furan rings is 1. The van der Waals surface area contributed by atoms with Crippen molar-refractivity contribution in [3.05, 3.63) is 176 Å². The number of anilines is 3. The highest BCUT2D eigenvalue weighted by molar-refractivity contribution is 6.12. The van der Waals surface area contributed by atoms with Crippen molar-refractivity contribution in [3.8, 4) is 22.3 Å². The molecular weight excluding hydrogens is 558 g/mol. The number of benzene rings is 8. The highest BCUT2D eigenvalue weighted by Crippen LogP contribution is 2.43. The molecule has 0 bridgehead atoms. The van der Waals surface area contributed by atoms with Gasteiger partial charge in [-0.3, -0.25) is 0 Å². The third-order valence-corrected chi connectivity index (χ3v) is 9.04. The summed E-state index contributed by atoms with van der Waals surface area (Å²) < 4.78 is 6.57. The molecule has 9 aromatic rings. The molecule has 1 aromatic heterocycles. The van der Waals surface area contributed by atoms with Crippen molar-refractivity contribution in [3.63, 3.8) is 0 Å². The third kappa shape index (κ3) is 4.35. The van der Waals surface area contributed by atoms with Gasteiger partial charge in [0.05, 0.1) is 5.69 Å². The molecule has 0 saturated carbocycles. The summed E-state index contributed by atoms with van der Waals surface area (Å²) in [7, 11) is 0. The quantitative estimate of drug-likeness (QED) is 0.199. The lowest BCUT2D eigenvalue weighted by atomic mass is 9.95. The van der Waals surface area contributed by atoms with Crippen molar-refractivity contribution in [2.24, 2.45) is 0 Å². The zero-order valence-corrected chi connectivity index (χ0v) is 25.1. The molecule has 0 radical (unpaired) electrons. The van der Waals surface area contributed by atoms with Crippen molar-refractivity contribution < 1.29 is 4.42 Å². The van der Waals surface area contributed by atoms with E-state index in [1.54, 1.807) is 0 Å². The van der Waals surface area contributed by atoms with Crippen LogP contribution < -0.4 is 4.90 Å². The van der Waals surface area contributed by atoms with Crippen LogP contribution in [0.3, 0.4) is 0 Å². The first kappa shape index (κ1) is 26.3. The molecule has 0 amide bonds. The number of hydrogen-bond donors (Lipinski definition) is 0. The van der Waals surface area contributed by atoms with Gasteiger partial charge >= 0.3 is 0 Å². The Kier molecular flexibility index (Phi) is 6.17. The fourth-order valence-electron chi connectivity index (χ4n) is 6.86. The molecule has 216 valence electrons. The van der Waals surface area contributed by atoms with E-state index in [-0.39, 0.29) is 0 Å². The van der Waals surface area contributed by atoms with Crippen molar-refractivity contribution in [2.45, 2.75) is 0 Å². The molecule has 46 heavy (non-hydrogen) atoms. The Bertz CT molecular complexity index is 2490. The minimum absolute atomic E-state index is 0.896. The predicted octanol–water partition coefficient (Wildman–Crippen LogP) is 12.7. The Hall–Kier alpha value is -6.12. The van der Waals surface area contributed by atoms with Gasteiger partial charge < -0.3 is 9.32 Å². The van der Waals surface area contributed by atoms with E-state index in [0.717, 1.165) is 50.1 Å². The molecule has 0 N–H and O–H groups in total. The second-order valence-corrected chi connectivity index (χ2v) is 11.7. The Morgan fingerprint density at radius 3 is 1.78 bits per heavy atom. The second-order valence-electron chi connectivity index (χ2n) is 11.7. The van der Waals surface area contributed by atoms with E-state index < -0.39 is 0 Å². The van der Waals surface area contributed by atoms with E-state index in [1.807, 2.05) is 0 Å². The number of hydrogen-bond acceptors (Lipinski definition) is 2. The topological polar surface area (TPSA) is 16.4 Å².